The first-order valence-corrected chi connectivity index (χ1v) is 9.18. The molecule has 0 aliphatic rings. The van der Waals surface area contributed by atoms with E-state index in [1.54, 1.807) is 6.20 Å². The van der Waals surface area contributed by atoms with Crippen molar-refractivity contribution < 1.29 is 4.79 Å². The lowest BCUT2D eigenvalue weighted by Crippen LogP contribution is -2.32. The van der Waals surface area contributed by atoms with Gasteiger partial charge in [-0.2, -0.15) is 0 Å². The van der Waals surface area contributed by atoms with Crippen molar-refractivity contribution in [2.24, 2.45) is 0 Å². The molecule has 0 radical (unpaired) electrons. The number of hydrogen-bond donors (Lipinski definition) is 2. The normalized spacial score (nSPS) is 11.8. The van der Waals surface area contributed by atoms with Crippen molar-refractivity contribution in [3.8, 4) is 0 Å². The van der Waals surface area contributed by atoms with Gasteiger partial charge in [-0.25, -0.2) is 0 Å². The monoisotopic (exact) mass is 379 g/mol. The van der Waals surface area contributed by atoms with E-state index < -0.39 is 0 Å². The molecule has 0 bridgehead atoms. The minimum atomic E-state index is -0.173. The number of halogens is 1. The van der Waals surface area contributed by atoms with Crippen molar-refractivity contribution in [2.75, 3.05) is 11.9 Å². The molecule has 0 saturated carbocycles. The fraction of sp³-hybridized carbons (Fsp3) is 0.182. The third kappa shape index (κ3) is 4.94. The van der Waals surface area contributed by atoms with Crippen LogP contribution in [0.15, 0.2) is 66.9 Å². The van der Waals surface area contributed by atoms with Crippen LogP contribution in [0.1, 0.15) is 28.4 Å². The zero-order valence-electron chi connectivity index (χ0n) is 15.4. The van der Waals surface area contributed by atoms with E-state index in [4.69, 9.17) is 11.6 Å². The highest BCUT2D eigenvalue weighted by atomic mass is 35.5. The number of amides is 1. The number of rotatable bonds is 6. The third-order valence-corrected chi connectivity index (χ3v) is 4.58. The molecule has 3 rings (SSSR count). The van der Waals surface area contributed by atoms with Crippen LogP contribution in [0.5, 0.6) is 0 Å². The smallest absolute Gasteiger partial charge is 0.238 e. The van der Waals surface area contributed by atoms with Gasteiger partial charge < -0.3 is 5.32 Å². The fourth-order valence-electron chi connectivity index (χ4n) is 3.04. The number of benzene rings is 2. The van der Waals surface area contributed by atoms with Crippen LogP contribution in [0.25, 0.3) is 0 Å². The van der Waals surface area contributed by atoms with Crippen molar-refractivity contribution in [2.45, 2.75) is 19.9 Å². The van der Waals surface area contributed by atoms with E-state index in [0.29, 0.717) is 10.7 Å². The minimum absolute atomic E-state index is 0.139. The van der Waals surface area contributed by atoms with Gasteiger partial charge in [-0.05, 0) is 48.7 Å². The van der Waals surface area contributed by atoms with Crippen molar-refractivity contribution in [3.63, 3.8) is 0 Å². The molecule has 27 heavy (non-hydrogen) atoms. The fourth-order valence-corrected chi connectivity index (χ4v) is 3.41. The lowest BCUT2D eigenvalue weighted by Gasteiger charge is -2.19. The topological polar surface area (TPSA) is 54.0 Å². The number of aromatic nitrogens is 1. The van der Waals surface area contributed by atoms with Crippen LogP contribution in [0.2, 0.25) is 5.02 Å². The molecule has 4 nitrogen and oxygen atoms in total. The highest BCUT2D eigenvalue weighted by Gasteiger charge is 2.17. The number of aryl methyl sites for hydroxylation is 2. The van der Waals surface area contributed by atoms with Gasteiger partial charge in [-0.15, -0.1) is 0 Å². The Hall–Kier alpha value is -2.69. The van der Waals surface area contributed by atoms with Gasteiger partial charge in [0, 0.05) is 6.20 Å². The summed E-state index contributed by atoms with van der Waals surface area (Å²) in [6.45, 7) is 4.05. The Kier molecular flexibility index (Phi) is 6.22. The number of anilines is 1. The zero-order chi connectivity index (χ0) is 19.2. The summed E-state index contributed by atoms with van der Waals surface area (Å²) in [4.78, 5) is 17.0. The van der Waals surface area contributed by atoms with Crippen molar-refractivity contribution in [1.82, 2.24) is 10.3 Å². The van der Waals surface area contributed by atoms with Crippen LogP contribution < -0.4 is 10.6 Å². The highest BCUT2D eigenvalue weighted by Crippen LogP contribution is 2.27. The lowest BCUT2D eigenvalue weighted by molar-refractivity contribution is -0.115. The van der Waals surface area contributed by atoms with Crippen LogP contribution >= 0.6 is 11.6 Å². The minimum Gasteiger partial charge on any atom is -0.323 e. The van der Waals surface area contributed by atoms with E-state index in [0.717, 1.165) is 22.4 Å². The van der Waals surface area contributed by atoms with Gasteiger partial charge >= 0.3 is 0 Å². The van der Waals surface area contributed by atoms with Gasteiger partial charge in [0.15, 0.2) is 0 Å². The summed E-state index contributed by atoms with van der Waals surface area (Å²) in [5.41, 5.74) is 4.57. The summed E-state index contributed by atoms with van der Waals surface area (Å²) >= 11 is 6.29. The summed E-state index contributed by atoms with van der Waals surface area (Å²) in [5, 5.41) is 6.76. The van der Waals surface area contributed by atoms with Crippen LogP contribution in [0, 0.1) is 13.8 Å². The first-order chi connectivity index (χ1) is 13.0. The molecule has 0 fully saturated rings. The standard InChI is InChI=1S/C22H22ClN3O/c1-15-12-16(2)21(18(23)13-15)26-20(27)14-25-22(17-8-4-3-5-9-17)19-10-6-7-11-24-19/h3-13,22,25H,14H2,1-2H3,(H,26,27). The molecular formula is C22H22ClN3O. The molecule has 2 N–H and O–H groups in total. The maximum atomic E-state index is 12.5. The van der Waals surface area contributed by atoms with E-state index in [9.17, 15) is 4.79 Å². The molecule has 1 atom stereocenters. The number of pyridine rings is 1. The van der Waals surface area contributed by atoms with Crippen LogP contribution in [-0.2, 0) is 4.79 Å². The predicted molar refractivity (Wildman–Crippen MR) is 110 cm³/mol. The van der Waals surface area contributed by atoms with E-state index in [2.05, 4.69) is 15.6 Å². The molecule has 138 valence electrons. The van der Waals surface area contributed by atoms with Crippen molar-refractivity contribution >= 4 is 23.2 Å². The van der Waals surface area contributed by atoms with Crippen LogP contribution in [0.3, 0.4) is 0 Å². The molecule has 3 aromatic rings. The molecular weight excluding hydrogens is 358 g/mol. The van der Waals surface area contributed by atoms with Gasteiger partial charge in [0.25, 0.3) is 0 Å². The largest absolute Gasteiger partial charge is 0.323 e. The summed E-state index contributed by atoms with van der Waals surface area (Å²) in [5.74, 6) is -0.152. The first kappa shape index (κ1) is 19.1. The maximum Gasteiger partial charge on any atom is 0.238 e. The van der Waals surface area contributed by atoms with Gasteiger partial charge in [-0.3, -0.25) is 15.1 Å². The number of carbonyl (C=O) groups is 1. The SMILES string of the molecule is Cc1cc(C)c(NC(=O)CNC(c2ccccc2)c2ccccn2)c(Cl)c1. The second kappa shape index (κ2) is 8.80. The highest BCUT2D eigenvalue weighted by molar-refractivity contribution is 6.34. The van der Waals surface area contributed by atoms with E-state index in [-0.39, 0.29) is 18.5 Å². The quantitative estimate of drug-likeness (QED) is 0.654. The summed E-state index contributed by atoms with van der Waals surface area (Å²) in [7, 11) is 0. The maximum absolute atomic E-state index is 12.5. The van der Waals surface area contributed by atoms with E-state index >= 15 is 0 Å². The van der Waals surface area contributed by atoms with Crippen molar-refractivity contribution in [3.05, 3.63) is 94.3 Å². The van der Waals surface area contributed by atoms with Gasteiger partial charge in [0.1, 0.15) is 0 Å². The van der Waals surface area contributed by atoms with Gasteiger partial charge in [-0.1, -0.05) is 54.1 Å². The Bertz CT molecular complexity index is 851. The van der Waals surface area contributed by atoms with E-state index in [1.165, 1.54) is 0 Å². The summed E-state index contributed by atoms with van der Waals surface area (Å²) in [6, 6.07) is 19.4. The molecule has 1 unspecified atom stereocenters. The third-order valence-electron chi connectivity index (χ3n) is 4.28. The predicted octanol–water partition coefficient (Wildman–Crippen LogP) is 4.67. The average molecular weight is 380 g/mol. The Morgan fingerprint density at radius 1 is 1.07 bits per heavy atom. The molecule has 1 amide bonds. The number of hydrogen-bond acceptors (Lipinski definition) is 3. The van der Waals surface area contributed by atoms with Gasteiger partial charge in [0.2, 0.25) is 5.91 Å². The lowest BCUT2D eigenvalue weighted by atomic mass is 10.0. The molecule has 1 heterocycles. The second-order valence-corrected chi connectivity index (χ2v) is 6.87. The Balaban J connectivity index is 1.73. The van der Waals surface area contributed by atoms with Crippen LogP contribution in [0.4, 0.5) is 5.69 Å². The Morgan fingerprint density at radius 2 is 1.81 bits per heavy atom. The number of carbonyl (C=O) groups excluding carboxylic acids is 1. The molecule has 5 heteroatoms. The van der Waals surface area contributed by atoms with Gasteiger partial charge in [0.05, 0.1) is 29.0 Å². The number of nitrogens with zero attached hydrogens (tertiary/aromatic N) is 1. The zero-order valence-corrected chi connectivity index (χ0v) is 16.1. The molecule has 1 aromatic heterocycles. The Morgan fingerprint density at radius 3 is 2.48 bits per heavy atom. The average Bonchev–Trinajstić information content (AvgIpc) is 2.66. The van der Waals surface area contributed by atoms with Crippen LogP contribution in [-0.4, -0.2) is 17.4 Å². The number of nitrogens with one attached hydrogen (secondary N) is 2. The Labute approximate surface area is 164 Å². The second-order valence-electron chi connectivity index (χ2n) is 6.47. The molecule has 2 aromatic carbocycles. The van der Waals surface area contributed by atoms with Crippen molar-refractivity contribution in [1.29, 1.82) is 0 Å². The molecule has 0 aliphatic carbocycles. The molecule has 0 spiro atoms. The molecule has 0 saturated heterocycles. The summed E-state index contributed by atoms with van der Waals surface area (Å²) in [6.07, 6.45) is 1.75. The molecule has 0 aliphatic heterocycles. The first-order valence-electron chi connectivity index (χ1n) is 8.80. The van der Waals surface area contributed by atoms with E-state index in [1.807, 2.05) is 74.5 Å². The summed E-state index contributed by atoms with van der Waals surface area (Å²) < 4.78 is 0.